The molecule has 1 aromatic carbocycles. The predicted molar refractivity (Wildman–Crippen MR) is 110 cm³/mol. The molecule has 0 N–H and O–H groups in total. The van der Waals surface area contributed by atoms with Crippen LogP contribution in [0, 0.1) is 0 Å². The summed E-state index contributed by atoms with van der Waals surface area (Å²) in [5.74, 6) is 1.45. The molecule has 1 saturated carbocycles. The van der Waals surface area contributed by atoms with E-state index in [1.807, 2.05) is 18.2 Å². The van der Waals surface area contributed by atoms with Gasteiger partial charge in [0.25, 0.3) is 5.56 Å². The van der Waals surface area contributed by atoms with Crippen molar-refractivity contribution in [1.29, 1.82) is 0 Å². The number of rotatable bonds is 5. The van der Waals surface area contributed by atoms with Crippen LogP contribution in [0.4, 0.5) is 5.69 Å². The van der Waals surface area contributed by atoms with Crippen LogP contribution in [0.3, 0.4) is 0 Å². The van der Waals surface area contributed by atoms with Crippen molar-refractivity contribution >= 4 is 22.0 Å². The summed E-state index contributed by atoms with van der Waals surface area (Å²) in [4.78, 5) is 22.6. The highest BCUT2D eigenvalue weighted by Crippen LogP contribution is 2.41. The SMILES string of the molecule is COc1ccccc1N1CCN(Cc2cc(=O)n3nc(C4CC4)sc3n2)CC1. The van der Waals surface area contributed by atoms with Gasteiger partial charge < -0.3 is 9.64 Å². The van der Waals surface area contributed by atoms with E-state index >= 15 is 0 Å². The van der Waals surface area contributed by atoms with Gasteiger partial charge in [-0.25, -0.2) is 4.98 Å². The average Bonchev–Trinajstić information content (AvgIpc) is 3.48. The summed E-state index contributed by atoms with van der Waals surface area (Å²) in [6.45, 7) is 4.40. The fourth-order valence-electron chi connectivity index (χ4n) is 3.71. The van der Waals surface area contributed by atoms with E-state index in [1.54, 1.807) is 24.5 Å². The van der Waals surface area contributed by atoms with E-state index < -0.39 is 0 Å². The largest absolute Gasteiger partial charge is 0.495 e. The summed E-state index contributed by atoms with van der Waals surface area (Å²) in [5, 5.41) is 5.50. The Balaban J connectivity index is 1.28. The van der Waals surface area contributed by atoms with Gasteiger partial charge in [0.05, 0.1) is 18.5 Å². The van der Waals surface area contributed by atoms with Gasteiger partial charge in [0, 0.05) is 44.7 Å². The zero-order valence-corrected chi connectivity index (χ0v) is 16.7. The third-order valence-corrected chi connectivity index (χ3v) is 6.49. The zero-order chi connectivity index (χ0) is 19.1. The zero-order valence-electron chi connectivity index (χ0n) is 15.9. The first kappa shape index (κ1) is 17.6. The highest BCUT2D eigenvalue weighted by molar-refractivity contribution is 7.16. The van der Waals surface area contributed by atoms with Gasteiger partial charge in [-0.15, -0.1) is 0 Å². The number of benzene rings is 1. The van der Waals surface area contributed by atoms with Crippen LogP contribution in [0.25, 0.3) is 4.96 Å². The number of piperazine rings is 1. The van der Waals surface area contributed by atoms with E-state index in [9.17, 15) is 4.79 Å². The molecule has 2 fully saturated rings. The van der Waals surface area contributed by atoms with E-state index in [1.165, 1.54) is 17.4 Å². The quantitative estimate of drug-likeness (QED) is 0.659. The number of para-hydroxylation sites is 2. The topological polar surface area (TPSA) is 63.0 Å². The lowest BCUT2D eigenvalue weighted by molar-refractivity contribution is 0.246. The van der Waals surface area contributed by atoms with Crippen molar-refractivity contribution in [2.75, 3.05) is 38.2 Å². The number of ether oxygens (including phenoxy) is 1. The number of anilines is 1. The minimum atomic E-state index is -0.0733. The first-order valence-electron chi connectivity index (χ1n) is 9.71. The van der Waals surface area contributed by atoms with E-state index in [0.717, 1.165) is 53.3 Å². The number of fused-ring (bicyclic) bond motifs is 1. The maximum absolute atomic E-state index is 12.4. The second-order valence-corrected chi connectivity index (χ2v) is 8.42. The third-order valence-electron chi connectivity index (χ3n) is 5.42. The summed E-state index contributed by atoms with van der Waals surface area (Å²) >= 11 is 1.56. The minimum absolute atomic E-state index is 0.0733. The van der Waals surface area contributed by atoms with Crippen molar-refractivity contribution in [3.05, 3.63) is 51.4 Å². The first-order chi connectivity index (χ1) is 13.7. The summed E-state index contributed by atoms with van der Waals surface area (Å²) in [7, 11) is 1.71. The molecule has 8 heteroatoms. The molecule has 0 spiro atoms. The molecule has 3 aromatic rings. The highest BCUT2D eigenvalue weighted by Gasteiger charge is 2.28. The Morgan fingerprint density at radius 3 is 2.71 bits per heavy atom. The molecule has 1 saturated heterocycles. The number of nitrogens with zero attached hydrogens (tertiary/aromatic N) is 5. The summed E-state index contributed by atoms with van der Waals surface area (Å²) in [6, 6.07) is 9.77. The third kappa shape index (κ3) is 3.38. The Hall–Kier alpha value is -2.45. The molecular formula is C20H23N5O2S. The van der Waals surface area contributed by atoms with Crippen molar-refractivity contribution in [2.24, 2.45) is 0 Å². The Labute approximate surface area is 167 Å². The minimum Gasteiger partial charge on any atom is -0.495 e. The molecule has 5 rings (SSSR count). The van der Waals surface area contributed by atoms with Crippen molar-refractivity contribution in [1.82, 2.24) is 19.5 Å². The Bertz CT molecular complexity index is 1050. The van der Waals surface area contributed by atoms with Crippen LogP contribution in [0.5, 0.6) is 5.75 Å². The van der Waals surface area contributed by atoms with E-state index in [2.05, 4.69) is 21.0 Å². The van der Waals surface area contributed by atoms with Crippen LogP contribution in [-0.2, 0) is 6.54 Å². The van der Waals surface area contributed by atoms with Gasteiger partial charge in [0.1, 0.15) is 10.8 Å². The fraction of sp³-hybridized carbons (Fsp3) is 0.450. The number of hydrogen-bond donors (Lipinski definition) is 0. The van der Waals surface area contributed by atoms with Crippen LogP contribution < -0.4 is 15.2 Å². The second kappa shape index (κ2) is 7.18. The van der Waals surface area contributed by atoms with Crippen molar-refractivity contribution < 1.29 is 4.74 Å². The summed E-state index contributed by atoms with van der Waals surface area (Å²) in [6.07, 6.45) is 2.36. The molecule has 28 heavy (non-hydrogen) atoms. The lowest BCUT2D eigenvalue weighted by atomic mass is 10.2. The molecule has 1 aliphatic heterocycles. The van der Waals surface area contributed by atoms with E-state index in [0.29, 0.717) is 12.5 Å². The Kier molecular flexibility index (Phi) is 4.52. The first-order valence-corrected chi connectivity index (χ1v) is 10.5. The number of aromatic nitrogens is 3. The van der Waals surface area contributed by atoms with Crippen molar-refractivity contribution in [2.45, 2.75) is 25.3 Å². The number of hydrogen-bond acceptors (Lipinski definition) is 7. The Morgan fingerprint density at radius 1 is 1.18 bits per heavy atom. The smallest absolute Gasteiger partial charge is 0.275 e. The van der Waals surface area contributed by atoms with Gasteiger partial charge in [0.2, 0.25) is 4.96 Å². The standard InChI is InChI=1S/C20H23N5O2S/c1-27-17-5-3-2-4-16(17)24-10-8-23(9-11-24)13-15-12-18(26)25-20(21-15)28-19(22-25)14-6-7-14/h2-5,12,14H,6-11,13H2,1H3. The van der Waals surface area contributed by atoms with Crippen LogP contribution in [0.2, 0.25) is 0 Å². The molecule has 1 aliphatic carbocycles. The highest BCUT2D eigenvalue weighted by atomic mass is 32.1. The fourth-order valence-corrected chi connectivity index (χ4v) is 4.81. The van der Waals surface area contributed by atoms with Gasteiger partial charge in [-0.3, -0.25) is 9.69 Å². The molecular weight excluding hydrogens is 374 g/mol. The molecule has 7 nitrogen and oxygen atoms in total. The average molecular weight is 398 g/mol. The van der Waals surface area contributed by atoms with Crippen LogP contribution in [0.1, 0.15) is 29.5 Å². The molecule has 146 valence electrons. The van der Waals surface area contributed by atoms with Gasteiger partial charge in [-0.05, 0) is 25.0 Å². The van der Waals surface area contributed by atoms with Gasteiger partial charge in [-0.1, -0.05) is 23.5 Å². The molecule has 0 bridgehead atoms. The van der Waals surface area contributed by atoms with Gasteiger partial charge in [-0.2, -0.15) is 9.61 Å². The van der Waals surface area contributed by atoms with E-state index in [4.69, 9.17) is 9.72 Å². The van der Waals surface area contributed by atoms with Crippen molar-refractivity contribution in [3.63, 3.8) is 0 Å². The predicted octanol–water partition coefficient (Wildman–Crippen LogP) is 2.36. The summed E-state index contributed by atoms with van der Waals surface area (Å²) < 4.78 is 6.95. The van der Waals surface area contributed by atoms with E-state index in [-0.39, 0.29) is 5.56 Å². The lowest BCUT2D eigenvalue weighted by Crippen LogP contribution is -2.46. The number of methoxy groups -OCH3 is 1. The molecule has 0 atom stereocenters. The van der Waals surface area contributed by atoms with Crippen LogP contribution in [0.15, 0.2) is 35.1 Å². The van der Waals surface area contributed by atoms with Gasteiger partial charge >= 0.3 is 0 Å². The molecule has 2 aromatic heterocycles. The maximum atomic E-state index is 12.4. The molecule has 3 heterocycles. The van der Waals surface area contributed by atoms with Crippen LogP contribution >= 0.6 is 11.3 Å². The second-order valence-electron chi connectivity index (χ2n) is 7.43. The van der Waals surface area contributed by atoms with Crippen LogP contribution in [-0.4, -0.2) is 52.8 Å². The van der Waals surface area contributed by atoms with Crippen molar-refractivity contribution in [3.8, 4) is 5.75 Å². The maximum Gasteiger partial charge on any atom is 0.275 e. The molecule has 0 unspecified atom stereocenters. The molecule has 2 aliphatic rings. The van der Waals surface area contributed by atoms with Gasteiger partial charge in [0.15, 0.2) is 0 Å². The monoisotopic (exact) mass is 397 g/mol. The Morgan fingerprint density at radius 2 is 1.96 bits per heavy atom. The normalized spacial score (nSPS) is 18.0. The summed E-state index contributed by atoms with van der Waals surface area (Å²) in [5.41, 5.74) is 1.90. The lowest BCUT2D eigenvalue weighted by Gasteiger charge is -2.36. The molecule has 0 radical (unpaired) electrons. The molecule has 0 amide bonds.